The lowest BCUT2D eigenvalue weighted by atomic mass is 9.87. The maximum absolute atomic E-state index is 7.82. The molecule has 0 bridgehead atoms. The summed E-state index contributed by atoms with van der Waals surface area (Å²) >= 11 is 0. The summed E-state index contributed by atoms with van der Waals surface area (Å²) in [5.74, 6) is 1.42. The summed E-state index contributed by atoms with van der Waals surface area (Å²) in [5, 5.41) is 10.8. The van der Waals surface area contributed by atoms with Crippen molar-refractivity contribution >= 4 is 12.6 Å². The lowest BCUT2D eigenvalue weighted by molar-refractivity contribution is 0.610. The minimum absolute atomic E-state index is 0.212. The van der Waals surface area contributed by atoms with Crippen molar-refractivity contribution in [1.82, 2.24) is 5.32 Å². The van der Waals surface area contributed by atoms with Gasteiger partial charge in [-0.3, -0.25) is 5.41 Å². The Kier molecular flexibility index (Phi) is 9.92. The molecule has 22 heavy (non-hydrogen) atoms. The highest BCUT2D eigenvalue weighted by Gasteiger charge is 2.15. The largest absolute Gasteiger partial charge is 0.404 e. The number of nitrogens with one attached hydrogen (secondary N) is 2. The van der Waals surface area contributed by atoms with Gasteiger partial charge in [0, 0.05) is 0 Å². The lowest BCUT2D eigenvalue weighted by Crippen LogP contribution is -2.21. The third kappa shape index (κ3) is 5.88. The molecule has 0 aromatic rings. The first-order valence-electron chi connectivity index (χ1n) is 8.10. The van der Waals surface area contributed by atoms with Gasteiger partial charge in [-0.15, -0.1) is 0 Å². The van der Waals surface area contributed by atoms with E-state index in [1.807, 2.05) is 0 Å². The fourth-order valence-electron chi connectivity index (χ4n) is 2.60. The molecule has 0 saturated carbocycles. The second-order valence-corrected chi connectivity index (χ2v) is 5.45. The van der Waals surface area contributed by atoms with E-state index in [1.165, 1.54) is 23.4 Å². The van der Waals surface area contributed by atoms with Crippen molar-refractivity contribution in [1.29, 1.82) is 5.41 Å². The highest BCUT2D eigenvalue weighted by atomic mass is 15.1. The van der Waals surface area contributed by atoms with Gasteiger partial charge in [0.2, 0.25) is 0 Å². The van der Waals surface area contributed by atoms with Gasteiger partial charge >= 0.3 is 0 Å². The molecule has 0 spiro atoms. The smallest absolute Gasteiger partial charge is 0.134 e. The average molecular weight is 304 g/mol. The Morgan fingerprint density at radius 1 is 1.36 bits per heavy atom. The molecule has 0 aromatic carbocycles. The Balaban J connectivity index is 5.86. The first-order valence-corrected chi connectivity index (χ1v) is 8.10. The van der Waals surface area contributed by atoms with Crippen LogP contribution in [0.25, 0.3) is 0 Å². The normalized spacial score (nSPS) is 15.1. The maximum Gasteiger partial charge on any atom is 0.134 e. The number of allylic oxidation sites excluding steroid dienone is 3. The summed E-state index contributed by atoms with van der Waals surface area (Å²) < 4.78 is 0. The molecule has 124 valence electrons. The molecule has 0 radical (unpaired) electrons. The van der Waals surface area contributed by atoms with Crippen molar-refractivity contribution < 1.29 is 0 Å². The topological polar surface area (TPSA) is 74.3 Å². The van der Waals surface area contributed by atoms with E-state index in [-0.39, 0.29) is 5.84 Å². The van der Waals surface area contributed by atoms with E-state index in [0.29, 0.717) is 11.7 Å². The number of rotatable bonds is 9. The number of nitrogens with zero attached hydrogens (tertiary/aromatic N) is 1. The summed E-state index contributed by atoms with van der Waals surface area (Å²) in [6, 6.07) is 0. The molecule has 0 heterocycles. The molecule has 0 aliphatic carbocycles. The van der Waals surface area contributed by atoms with Gasteiger partial charge in [-0.25, -0.2) is 4.99 Å². The number of amidine groups is 1. The van der Waals surface area contributed by atoms with Crippen molar-refractivity contribution in [3.63, 3.8) is 0 Å². The van der Waals surface area contributed by atoms with Gasteiger partial charge in [0.15, 0.2) is 0 Å². The third-order valence-electron chi connectivity index (χ3n) is 3.97. The molecule has 4 heteroatoms. The van der Waals surface area contributed by atoms with E-state index in [4.69, 9.17) is 11.1 Å². The number of aliphatic imine (C=N–C) groups is 1. The van der Waals surface area contributed by atoms with Crippen molar-refractivity contribution in [3.05, 3.63) is 34.8 Å². The quantitative estimate of drug-likeness (QED) is 0.333. The zero-order chi connectivity index (χ0) is 17.1. The molecule has 0 aliphatic rings. The van der Waals surface area contributed by atoms with Crippen LogP contribution in [-0.4, -0.2) is 12.6 Å². The Morgan fingerprint density at radius 3 is 2.41 bits per heavy atom. The van der Waals surface area contributed by atoms with Crippen LogP contribution in [0.3, 0.4) is 0 Å². The Bertz CT molecular complexity index is 469. The summed E-state index contributed by atoms with van der Waals surface area (Å²) in [6.07, 6.45) is 7.03. The fraction of sp³-hybridized carbons (Fsp3) is 0.556. The summed E-state index contributed by atoms with van der Waals surface area (Å²) in [6.45, 7) is 14.6. The third-order valence-corrected chi connectivity index (χ3v) is 3.97. The van der Waals surface area contributed by atoms with E-state index >= 15 is 0 Å². The van der Waals surface area contributed by atoms with Crippen LogP contribution in [0.1, 0.15) is 60.3 Å². The molecule has 1 atom stereocenters. The van der Waals surface area contributed by atoms with Crippen LogP contribution in [0.4, 0.5) is 0 Å². The molecule has 0 aromatic heterocycles. The van der Waals surface area contributed by atoms with Gasteiger partial charge in [-0.05, 0) is 62.2 Å². The fourth-order valence-corrected chi connectivity index (χ4v) is 2.60. The molecule has 0 aliphatic heterocycles. The van der Waals surface area contributed by atoms with E-state index < -0.39 is 0 Å². The van der Waals surface area contributed by atoms with Gasteiger partial charge in [0.05, 0.1) is 0 Å². The van der Waals surface area contributed by atoms with Gasteiger partial charge in [0.25, 0.3) is 0 Å². The van der Waals surface area contributed by atoms with Gasteiger partial charge in [0.1, 0.15) is 11.7 Å². The Morgan fingerprint density at radius 2 is 2.00 bits per heavy atom. The number of hydrogen-bond acceptors (Lipinski definition) is 3. The first-order chi connectivity index (χ1) is 10.5. The lowest BCUT2D eigenvalue weighted by Gasteiger charge is -2.21. The minimum Gasteiger partial charge on any atom is -0.404 e. The second-order valence-electron chi connectivity index (χ2n) is 5.45. The minimum atomic E-state index is 0.212. The average Bonchev–Trinajstić information content (AvgIpc) is 2.51. The van der Waals surface area contributed by atoms with Crippen molar-refractivity contribution in [3.8, 4) is 0 Å². The summed E-state index contributed by atoms with van der Waals surface area (Å²) in [5.41, 5.74) is 9.20. The highest BCUT2D eigenvalue weighted by Crippen LogP contribution is 2.29. The zero-order valence-corrected chi connectivity index (χ0v) is 14.8. The van der Waals surface area contributed by atoms with Crippen molar-refractivity contribution in [2.45, 2.75) is 60.3 Å². The van der Waals surface area contributed by atoms with Crippen LogP contribution in [-0.2, 0) is 0 Å². The highest BCUT2D eigenvalue weighted by molar-refractivity contribution is 5.91. The summed E-state index contributed by atoms with van der Waals surface area (Å²) in [4.78, 5) is 4.10. The van der Waals surface area contributed by atoms with Crippen LogP contribution >= 0.6 is 0 Å². The van der Waals surface area contributed by atoms with Crippen LogP contribution in [0.5, 0.6) is 0 Å². The maximum atomic E-state index is 7.82. The number of nitrogens with two attached hydrogens (primary N) is 1. The van der Waals surface area contributed by atoms with Crippen LogP contribution in [0.15, 0.2) is 39.8 Å². The van der Waals surface area contributed by atoms with Gasteiger partial charge in [-0.1, -0.05) is 39.7 Å². The SMILES string of the molecule is C=N/C(NC(=N)/C=C\N)=C(CC)\C(C)=C(\CCC)C(C)CC. The van der Waals surface area contributed by atoms with Crippen molar-refractivity contribution in [2.75, 3.05) is 0 Å². The molecular weight excluding hydrogens is 272 g/mol. The molecule has 1 unspecified atom stereocenters. The molecule has 0 saturated heterocycles. The number of hydrogen-bond donors (Lipinski definition) is 3. The zero-order valence-electron chi connectivity index (χ0n) is 14.8. The predicted octanol–water partition coefficient (Wildman–Crippen LogP) is 4.51. The standard InChI is InChI=1S/C18H32N4/c1-7-10-16(13(4)8-2)14(5)15(9-3)18(21-6)22-17(20)11-12-19/h11-13H,6-10,19H2,1-5H3,(H2,20,22)/b12-11-,16-14-,18-15+. The molecule has 4 nitrogen and oxygen atoms in total. The molecule has 0 rings (SSSR count). The van der Waals surface area contributed by atoms with E-state index in [2.05, 4.69) is 51.6 Å². The first kappa shape index (κ1) is 20.2. The predicted molar refractivity (Wildman–Crippen MR) is 98.1 cm³/mol. The van der Waals surface area contributed by atoms with Crippen LogP contribution in [0, 0.1) is 11.3 Å². The summed E-state index contributed by atoms with van der Waals surface area (Å²) in [7, 11) is 0. The molecule has 4 N–H and O–H groups in total. The molecule has 0 amide bonds. The van der Waals surface area contributed by atoms with Crippen LogP contribution < -0.4 is 11.1 Å². The van der Waals surface area contributed by atoms with E-state index in [1.54, 1.807) is 0 Å². The Labute approximate surface area is 135 Å². The van der Waals surface area contributed by atoms with Crippen molar-refractivity contribution in [2.24, 2.45) is 16.6 Å². The molecular formula is C18H32N4. The van der Waals surface area contributed by atoms with Gasteiger partial charge in [-0.2, -0.15) is 0 Å². The van der Waals surface area contributed by atoms with E-state index in [0.717, 1.165) is 31.3 Å². The second kappa shape index (κ2) is 10.8. The van der Waals surface area contributed by atoms with Crippen LogP contribution in [0.2, 0.25) is 0 Å². The molecule has 0 fully saturated rings. The van der Waals surface area contributed by atoms with Gasteiger partial charge < -0.3 is 11.1 Å². The Hall–Kier alpha value is -1.84. The van der Waals surface area contributed by atoms with E-state index in [9.17, 15) is 0 Å². The monoisotopic (exact) mass is 304 g/mol.